The maximum atomic E-state index is 13.8. The van der Waals surface area contributed by atoms with E-state index < -0.39 is 5.82 Å². The summed E-state index contributed by atoms with van der Waals surface area (Å²) in [6.07, 6.45) is 0.412. The van der Waals surface area contributed by atoms with Gasteiger partial charge in [-0.05, 0) is 35.9 Å². The van der Waals surface area contributed by atoms with Crippen LogP contribution in [-0.2, 0) is 11.2 Å². The highest BCUT2D eigenvalue weighted by molar-refractivity contribution is 5.99. The molecule has 4 rings (SSSR count). The second-order valence-corrected chi connectivity index (χ2v) is 6.33. The van der Waals surface area contributed by atoms with E-state index in [4.69, 9.17) is 0 Å². The molecule has 5 nitrogen and oxygen atoms in total. The molecule has 0 saturated carbocycles. The molecule has 2 aliphatic rings. The first-order chi connectivity index (χ1) is 12.1. The third kappa shape index (κ3) is 2.95. The van der Waals surface area contributed by atoms with E-state index >= 15 is 0 Å². The Morgan fingerprint density at radius 2 is 1.80 bits per heavy atom. The first-order valence-corrected chi connectivity index (χ1v) is 8.33. The molecule has 2 heterocycles. The Morgan fingerprint density at radius 3 is 2.56 bits per heavy atom. The summed E-state index contributed by atoms with van der Waals surface area (Å²) in [6.45, 7) is 2.45. The lowest BCUT2D eigenvalue weighted by Gasteiger charge is -2.36. The van der Waals surface area contributed by atoms with Gasteiger partial charge in [0, 0.05) is 37.6 Å². The molecule has 1 N–H and O–H groups in total. The summed E-state index contributed by atoms with van der Waals surface area (Å²) in [5.74, 6) is -0.723. The molecular formula is C19H18FN3O2. The third-order valence-electron chi connectivity index (χ3n) is 4.75. The van der Waals surface area contributed by atoms with Crippen LogP contribution < -0.4 is 10.2 Å². The number of carbonyl (C=O) groups excluding carboxylic acids is 2. The highest BCUT2D eigenvalue weighted by Gasteiger charge is 2.25. The van der Waals surface area contributed by atoms with Crippen molar-refractivity contribution in [2.75, 3.05) is 36.4 Å². The smallest absolute Gasteiger partial charge is 0.256 e. The van der Waals surface area contributed by atoms with Crippen LogP contribution in [0.2, 0.25) is 0 Å². The van der Waals surface area contributed by atoms with Crippen LogP contribution in [0.3, 0.4) is 0 Å². The number of anilines is 2. The van der Waals surface area contributed by atoms with Crippen molar-refractivity contribution in [3.8, 4) is 0 Å². The molecule has 1 fully saturated rings. The average molecular weight is 339 g/mol. The molecule has 2 aromatic rings. The van der Waals surface area contributed by atoms with Gasteiger partial charge < -0.3 is 15.1 Å². The predicted octanol–water partition coefficient (Wildman–Crippen LogP) is 2.28. The summed E-state index contributed by atoms with van der Waals surface area (Å²) in [6, 6.07) is 12.0. The molecule has 0 unspecified atom stereocenters. The summed E-state index contributed by atoms with van der Waals surface area (Å²) in [5, 5.41) is 2.83. The summed E-state index contributed by atoms with van der Waals surface area (Å²) in [7, 11) is 0. The highest BCUT2D eigenvalue weighted by Crippen LogP contribution is 2.28. The van der Waals surface area contributed by atoms with Gasteiger partial charge in [0.1, 0.15) is 5.82 Å². The van der Waals surface area contributed by atoms with E-state index in [2.05, 4.69) is 10.2 Å². The molecule has 0 spiro atoms. The van der Waals surface area contributed by atoms with E-state index in [0.29, 0.717) is 32.6 Å². The number of nitrogens with one attached hydrogen (secondary N) is 1. The van der Waals surface area contributed by atoms with Crippen molar-refractivity contribution in [3.63, 3.8) is 0 Å². The van der Waals surface area contributed by atoms with E-state index in [0.717, 1.165) is 16.9 Å². The number of halogens is 1. The second-order valence-electron chi connectivity index (χ2n) is 6.33. The largest absolute Gasteiger partial charge is 0.368 e. The summed E-state index contributed by atoms with van der Waals surface area (Å²) in [4.78, 5) is 27.8. The molecule has 0 aliphatic carbocycles. The zero-order valence-electron chi connectivity index (χ0n) is 13.7. The van der Waals surface area contributed by atoms with Crippen LogP contribution in [0, 0.1) is 5.82 Å². The van der Waals surface area contributed by atoms with Crippen molar-refractivity contribution in [2.24, 2.45) is 0 Å². The lowest BCUT2D eigenvalue weighted by Crippen LogP contribution is -2.49. The number of fused-ring (bicyclic) bond motifs is 1. The van der Waals surface area contributed by atoms with Gasteiger partial charge in [-0.15, -0.1) is 0 Å². The quantitative estimate of drug-likeness (QED) is 0.913. The highest BCUT2D eigenvalue weighted by atomic mass is 19.1. The Hall–Kier alpha value is -2.89. The number of amides is 2. The maximum Gasteiger partial charge on any atom is 0.256 e. The Bertz CT molecular complexity index is 844. The minimum absolute atomic E-state index is 0.0208. The normalized spacial score (nSPS) is 16.6. The maximum absolute atomic E-state index is 13.8. The molecule has 2 aliphatic heterocycles. The van der Waals surface area contributed by atoms with Crippen molar-refractivity contribution in [2.45, 2.75) is 6.42 Å². The molecule has 2 aromatic carbocycles. The number of benzene rings is 2. The molecule has 25 heavy (non-hydrogen) atoms. The molecule has 2 amide bonds. The van der Waals surface area contributed by atoms with Gasteiger partial charge >= 0.3 is 0 Å². The van der Waals surface area contributed by atoms with E-state index in [9.17, 15) is 14.0 Å². The van der Waals surface area contributed by atoms with Crippen molar-refractivity contribution >= 4 is 23.2 Å². The summed E-state index contributed by atoms with van der Waals surface area (Å²) in [5.41, 5.74) is 3.06. The lowest BCUT2D eigenvalue weighted by atomic mass is 10.1. The van der Waals surface area contributed by atoms with Gasteiger partial charge in [0.05, 0.1) is 12.0 Å². The molecule has 1 saturated heterocycles. The minimum atomic E-state index is -0.481. The van der Waals surface area contributed by atoms with Crippen LogP contribution in [0.5, 0.6) is 0 Å². The molecule has 0 bridgehead atoms. The number of nitrogens with zero attached hydrogens (tertiary/aromatic N) is 2. The zero-order chi connectivity index (χ0) is 17.4. The van der Waals surface area contributed by atoms with Gasteiger partial charge in [0.15, 0.2) is 0 Å². The zero-order valence-corrected chi connectivity index (χ0v) is 13.7. The van der Waals surface area contributed by atoms with Crippen LogP contribution in [0.1, 0.15) is 15.9 Å². The van der Waals surface area contributed by atoms with Crippen molar-refractivity contribution < 1.29 is 14.0 Å². The SMILES string of the molecule is O=C1Cc2cc(N3CCN(C(=O)c4ccccc4F)CC3)ccc2N1. The summed E-state index contributed by atoms with van der Waals surface area (Å²) >= 11 is 0. The Kier molecular flexibility index (Phi) is 3.87. The first kappa shape index (κ1) is 15.6. The molecule has 128 valence electrons. The van der Waals surface area contributed by atoms with E-state index in [-0.39, 0.29) is 17.4 Å². The first-order valence-electron chi connectivity index (χ1n) is 8.33. The number of carbonyl (C=O) groups is 2. The Labute approximate surface area is 145 Å². The van der Waals surface area contributed by atoms with Crippen LogP contribution in [0.4, 0.5) is 15.8 Å². The molecular weight excluding hydrogens is 321 g/mol. The third-order valence-corrected chi connectivity index (χ3v) is 4.75. The standard InChI is InChI=1S/C19H18FN3O2/c20-16-4-2-1-3-15(16)19(25)23-9-7-22(8-10-23)14-5-6-17-13(11-14)12-18(24)21-17/h1-6,11H,7-10,12H2,(H,21,24). The van der Waals surface area contributed by atoms with E-state index in [1.165, 1.54) is 12.1 Å². The van der Waals surface area contributed by atoms with Crippen LogP contribution in [0.15, 0.2) is 42.5 Å². The fourth-order valence-electron chi connectivity index (χ4n) is 3.39. The Morgan fingerprint density at radius 1 is 1.04 bits per heavy atom. The van der Waals surface area contributed by atoms with Crippen molar-refractivity contribution in [3.05, 3.63) is 59.4 Å². The van der Waals surface area contributed by atoms with Gasteiger partial charge in [0.2, 0.25) is 5.91 Å². The van der Waals surface area contributed by atoms with E-state index in [1.807, 2.05) is 18.2 Å². The molecule has 0 atom stereocenters. The minimum Gasteiger partial charge on any atom is -0.368 e. The van der Waals surface area contributed by atoms with Gasteiger partial charge in [-0.25, -0.2) is 4.39 Å². The lowest BCUT2D eigenvalue weighted by molar-refractivity contribution is -0.115. The topological polar surface area (TPSA) is 52.7 Å². The van der Waals surface area contributed by atoms with Crippen molar-refractivity contribution in [1.29, 1.82) is 0 Å². The fraction of sp³-hybridized carbons (Fsp3) is 0.263. The van der Waals surface area contributed by atoms with Gasteiger partial charge in [-0.2, -0.15) is 0 Å². The monoisotopic (exact) mass is 339 g/mol. The number of hydrogen-bond donors (Lipinski definition) is 1. The number of piperazine rings is 1. The van der Waals surface area contributed by atoms with Crippen LogP contribution >= 0.6 is 0 Å². The van der Waals surface area contributed by atoms with Gasteiger partial charge in [-0.3, -0.25) is 9.59 Å². The van der Waals surface area contributed by atoms with Gasteiger partial charge in [0.25, 0.3) is 5.91 Å². The average Bonchev–Trinajstić information content (AvgIpc) is 3.01. The van der Waals surface area contributed by atoms with Gasteiger partial charge in [-0.1, -0.05) is 12.1 Å². The fourth-order valence-corrected chi connectivity index (χ4v) is 3.39. The van der Waals surface area contributed by atoms with Crippen LogP contribution in [0.25, 0.3) is 0 Å². The summed E-state index contributed by atoms with van der Waals surface area (Å²) < 4.78 is 13.8. The molecule has 0 aromatic heterocycles. The molecule has 0 radical (unpaired) electrons. The number of hydrogen-bond acceptors (Lipinski definition) is 3. The van der Waals surface area contributed by atoms with E-state index in [1.54, 1.807) is 17.0 Å². The van der Waals surface area contributed by atoms with Crippen LogP contribution in [-0.4, -0.2) is 42.9 Å². The Balaban J connectivity index is 1.44. The number of rotatable bonds is 2. The predicted molar refractivity (Wildman–Crippen MR) is 93.3 cm³/mol. The van der Waals surface area contributed by atoms with Crippen molar-refractivity contribution in [1.82, 2.24) is 4.90 Å². The molecule has 6 heteroatoms. The second kappa shape index (κ2) is 6.20.